The van der Waals surface area contributed by atoms with Crippen LogP contribution in [0.1, 0.15) is 51.1 Å². The molecule has 4 heteroatoms. The summed E-state index contributed by atoms with van der Waals surface area (Å²) in [6, 6.07) is 2.30. The molecule has 1 aromatic rings. The molecule has 0 saturated heterocycles. The summed E-state index contributed by atoms with van der Waals surface area (Å²) in [6.07, 6.45) is 4.53. The second-order valence-electron chi connectivity index (χ2n) is 5.64. The van der Waals surface area contributed by atoms with E-state index in [1.165, 1.54) is 18.9 Å². The lowest BCUT2D eigenvalue weighted by Gasteiger charge is -2.35. The highest BCUT2D eigenvalue weighted by Gasteiger charge is 2.38. The Kier molecular flexibility index (Phi) is 4.46. The molecule has 19 heavy (non-hydrogen) atoms. The molecular weight excluding hydrogens is 268 g/mol. The SMILES string of the molecule is CCNC(c1cc(F)c(F)cc1Cl)C1(C)CCCC1. The second-order valence-corrected chi connectivity index (χ2v) is 6.05. The van der Waals surface area contributed by atoms with Gasteiger partial charge < -0.3 is 5.32 Å². The molecule has 106 valence electrons. The monoisotopic (exact) mass is 287 g/mol. The molecule has 0 bridgehead atoms. The zero-order chi connectivity index (χ0) is 14.0. The van der Waals surface area contributed by atoms with Crippen molar-refractivity contribution in [3.63, 3.8) is 0 Å². The number of halogens is 3. The van der Waals surface area contributed by atoms with Crippen LogP contribution in [-0.2, 0) is 0 Å². The van der Waals surface area contributed by atoms with E-state index in [0.717, 1.165) is 25.5 Å². The average Bonchev–Trinajstić information content (AvgIpc) is 2.79. The Morgan fingerprint density at radius 3 is 2.42 bits per heavy atom. The van der Waals surface area contributed by atoms with Gasteiger partial charge in [-0.05, 0) is 42.5 Å². The van der Waals surface area contributed by atoms with Crippen LogP contribution >= 0.6 is 11.6 Å². The van der Waals surface area contributed by atoms with Crippen molar-refractivity contribution in [2.75, 3.05) is 6.54 Å². The van der Waals surface area contributed by atoms with Crippen LogP contribution in [-0.4, -0.2) is 6.54 Å². The van der Waals surface area contributed by atoms with Crippen LogP contribution in [0.5, 0.6) is 0 Å². The van der Waals surface area contributed by atoms with Crippen molar-refractivity contribution in [1.29, 1.82) is 0 Å². The Balaban J connectivity index is 2.41. The summed E-state index contributed by atoms with van der Waals surface area (Å²) >= 11 is 6.13. The third-order valence-electron chi connectivity index (χ3n) is 4.20. The molecular formula is C15H20ClF2N. The minimum absolute atomic E-state index is 0.0254. The van der Waals surface area contributed by atoms with E-state index in [1.807, 2.05) is 6.92 Å². The van der Waals surface area contributed by atoms with Crippen molar-refractivity contribution >= 4 is 11.6 Å². The Morgan fingerprint density at radius 2 is 1.84 bits per heavy atom. The quantitative estimate of drug-likeness (QED) is 0.781. The van der Waals surface area contributed by atoms with E-state index in [2.05, 4.69) is 12.2 Å². The minimum atomic E-state index is -0.888. The van der Waals surface area contributed by atoms with Gasteiger partial charge in [0.1, 0.15) is 0 Å². The normalized spacial score (nSPS) is 19.6. The summed E-state index contributed by atoms with van der Waals surface area (Å²) in [4.78, 5) is 0. The maximum Gasteiger partial charge on any atom is 0.160 e. The van der Waals surface area contributed by atoms with E-state index in [-0.39, 0.29) is 11.5 Å². The van der Waals surface area contributed by atoms with E-state index in [1.54, 1.807) is 0 Å². The Morgan fingerprint density at radius 1 is 1.26 bits per heavy atom. The fourth-order valence-electron chi connectivity index (χ4n) is 3.17. The van der Waals surface area contributed by atoms with Crippen molar-refractivity contribution in [3.8, 4) is 0 Å². The fraction of sp³-hybridized carbons (Fsp3) is 0.600. The zero-order valence-corrected chi connectivity index (χ0v) is 12.2. The lowest BCUT2D eigenvalue weighted by atomic mass is 9.77. The summed E-state index contributed by atoms with van der Waals surface area (Å²) in [5.41, 5.74) is 0.732. The van der Waals surface area contributed by atoms with Gasteiger partial charge in [0.05, 0.1) is 0 Å². The third-order valence-corrected chi connectivity index (χ3v) is 4.53. The zero-order valence-electron chi connectivity index (χ0n) is 11.4. The largest absolute Gasteiger partial charge is 0.310 e. The number of rotatable bonds is 4. The molecule has 2 rings (SSSR count). The standard InChI is InChI=1S/C15H20ClF2N/c1-3-19-14(15(2)6-4-5-7-15)10-8-12(17)13(18)9-11(10)16/h8-9,14,19H,3-7H2,1-2H3. The van der Waals surface area contributed by atoms with E-state index >= 15 is 0 Å². The summed E-state index contributed by atoms with van der Waals surface area (Å²) in [6.45, 7) is 4.99. The number of hydrogen-bond donors (Lipinski definition) is 1. The molecule has 1 aromatic carbocycles. The lowest BCUT2D eigenvalue weighted by molar-refractivity contribution is 0.225. The maximum atomic E-state index is 13.5. The molecule has 0 aliphatic heterocycles. The van der Waals surface area contributed by atoms with Crippen LogP contribution in [0.2, 0.25) is 5.02 Å². The Labute approximate surface area is 118 Å². The van der Waals surface area contributed by atoms with Gasteiger partial charge in [0.25, 0.3) is 0 Å². The summed E-state index contributed by atoms with van der Waals surface area (Å²) in [5.74, 6) is -1.72. The predicted molar refractivity (Wildman–Crippen MR) is 74.4 cm³/mol. The van der Waals surface area contributed by atoms with E-state index in [4.69, 9.17) is 11.6 Å². The molecule has 1 nitrogen and oxygen atoms in total. The van der Waals surface area contributed by atoms with Gasteiger partial charge >= 0.3 is 0 Å². The first-order valence-corrected chi connectivity index (χ1v) is 7.23. The Hall–Kier alpha value is -0.670. The van der Waals surface area contributed by atoms with Gasteiger partial charge in [0.2, 0.25) is 0 Å². The first-order valence-electron chi connectivity index (χ1n) is 6.86. The highest BCUT2D eigenvalue weighted by Crippen LogP contribution is 2.48. The number of benzene rings is 1. The molecule has 0 spiro atoms. The fourth-order valence-corrected chi connectivity index (χ4v) is 3.43. The van der Waals surface area contributed by atoms with Crippen molar-refractivity contribution in [2.45, 2.75) is 45.6 Å². The van der Waals surface area contributed by atoms with Crippen LogP contribution in [0.15, 0.2) is 12.1 Å². The van der Waals surface area contributed by atoms with Gasteiger partial charge in [-0.1, -0.05) is 38.3 Å². The first-order chi connectivity index (χ1) is 8.98. The molecule has 1 N–H and O–H groups in total. The van der Waals surface area contributed by atoms with Crippen molar-refractivity contribution in [1.82, 2.24) is 5.32 Å². The molecule has 1 aliphatic rings. The van der Waals surface area contributed by atoms with E-state index in [9.17, 15) is 8.78 Å². The maximum absolute atomic E-state index is 13.5. The van der Waals surface area contributed by atoms with Crippen molar-refractivity contribution in [3.05, 3.63) is 34.4 Å². The average molecular weight is 288 g/mol. The first kappa shape index (κ1) is 14.7. The van der Waals surface area contributed by atoms with Crippen LogP contribution in [0.3, 0.4) is 0 Å². The van der Waals surface area contributed by atoms with Gasteiger partial charge in [0.15, 0.2) is 11.6 Å². The van der Waals surface area contributed by atoms with E-state index < -0.39 is 11.6 Å². The second kappa shape index (κ2) is 5.76. The van der Waals surface area contributed by atoms with Crippen LogP contribution in [0.4, 0.5) is 8.78 Å². The van der Waals surface area contributed by atoms with Gasteiger partial charge in [-0.2, -0.15) is 0 Å². The Bertz CT molecular complexity index is 456. The highest BCUT2D eigenvalue weighted by atomic mass is 35.5. The number of hydrogen-bond acceptors (Lipinski definition) is 1. The molecule has 1 aliphatic carbocycles. The smallest absolute Gasteiger partial charge is 0.160 e. The molecule has 1 saturated carbocycles. The lowest BCUT2D eigenvalue weighted by Crippen LogP contribution is -2.34. The molecule has 0 aromatic heterocycles. The summed E-state index contributed by atoms with van der Waals surface area (Å²) in [5, 5.41) is 3.70. The van der Waals surface area contributed by atoms with Crippen molar-refractivity contribution < 1.29 is 8.78 Å². The highest BCUT2D eigenvalue weighted by molar-refractivity contribution is 6.31. The van der Waals surface area contributed by atoms with Crippen LogP contribution in [0, 0.1) is 17.0 Å². The van der Waals surface area contributed by atoms with Gasteiger partial charge in [-0.3, -0.25) is 0 Å². The molecule has 1 unspecified atom stereocenters. The van der Waals surface area contributed by atoms with Crippen LogP contribution < -0.4 is 5.32 Å². The molecule has 0 amide bonds. The predicted octanol–water partition coefficient (Wildman–Crippen LogP) is 4.85. The molecule has 1 atom stereocenters. The summed E-state index contributed by atoms with van der Waals surface area (Å²) in [7, 11) is 0. The van der Waals surface area contributed by atoms with E-state index in [0.29, 0.717) is 10.6 Å². The topological polar surface area (TPSA) is 12.0 Å². The van der Waals surface area contributed by atoms with Crippen LogP contribution in [0.25, 0.3) is 0 Å². The van der Waals surface area contributed by atoms with Gasteiger partial charge in [-0.15, -0.1) is 0 Å². The number of nitrogens with one attached hydrogen (secondary N) is 1. The summed E-state index contributed by atoms with van der Waals surface area (Å²) < 4.78 is 26.7. The van der Waals surface area contributed by atoms with Crippen molar-refractivity contribution in [2.24, 2.45) is 5.41 Å². The molecule has 1 fully saturated rings. The van der Waals surface area contributed by atoms with Gasteiger partial charge in [0, 0.05) is 11.1 Å². The minimum Gasteiger partial charge on any atom is -0.310 e. The third kappa shape index (κ3) is 2.92. The molecule has 0 heterocycles. The molecule has 0 radical (unpaired) electrons. The van der Waals surface area contributed by atoms with Gasteiger partial charge in [-0.25, -0.2) is 8.78 Å².